The summed E-state index contributed by atoms with van der Waals surface area (Å²) < 4.78 is 39.1. The van der Waals surface area contributed by atoms with Crippen LogP contribution in [0.1, 0.15) is 52.5 Å². The molecular formula is C25H36F3N5O2. The average Bonchev–Trinajstić information content (AvgIpc) is 2.72. The summed E-state index contributed by atoms with van der Waals surface area (Å²) in [4.78, 5) is 14.5. The van der Waals surface area contributed by atoms with Crippen molar-refractivity contribution in [3.8, 4) is 0 Å². The zero-order valence-corrected chi connectivity index (χ0v) is 20.7. The van der Waals surface area contributed by atoms with Crippen molar-refractivity contribution in [1.29, 1.82) is 5.41 Å². The Morgan fingerprint density at radius 2 is 1.83 bits per heavy atom. The van der Waals surface area contributed by atoms with Crippen LogP contribution in [0.2, 0.25) is 0 Å². The molecule has 0 unspecified atom stereocenters. The molecule has 0 aromatic heterocycles. The Hall–Kier alpha value is -2.59. The van der Waals surface area contributed by atoms with Gasteiger partial charge in [-0.2, -0.15) is 13.2 Å². The van der Waals surface area contributed by atoms with Crippen LogP contribution in [0, 0.1) is 16.7 Å². The Bertz CT molecular complexity index is 964. The van der Waals surface area contributed by atoms with Crippen LogP contribution in [0.25, 0.3) is 0 Å². The number of halogens is 3. The number of carbonyl (C=O) groups is 1. The molecule has 194 valence electrons. The van der Waals surface area contributed by atoms with Gasteiger partial charge in [-0.1, -0.05) is 32.9 Å². The summed E-state index contributed by atoms with van der Waals surface area (Å²) in [7, 11) is 0. The summed E-state index contributed by atoms with van der Waals surface area (Å²) >= 11 is 0. The number of amidine groups is 1. The number of nitrogens with zero attached hydrogens (tertiary/aromatic N) is 1. The number of anilines is 1. The van der Waals surface area contributed by atoms with E-state index in [0.29, 0.717) is 24.3 Å². The molecule has 2 fully saturated rings. The SMILES string of the molecule is C[C@H]1C[C@H](N2CC(C)(C)C2)CC[C@@H]1N/C=C(\C(=N)Nc1ccc([C@@](C)(O)C(F)(F)F)cc1)C(N)=O. The summed E-state index contributed by atoms with van der Waals surface area (Å²) in [6.07, 6.45) is -0.329. The number of alkyl halides is 3. The molecule has 1 saturated heterocycles. The number of hydrogen-bond acceptors (Lipinski definition) is 5. The van der Waals surface area contributed by atoms with Crippen LogP contribution in [0.15, 0.2) is 36.0 Å². The van der Waals surface area contributed by atoms with Crippen LogP contribution >= 0.6 is 0 Å². The summed E-state index contributed by atoms with van der Waals surface area (Å²) in [5.41, 5.74) is 2.78. The van der Waals surface area contributed by atoms with Crippen molar-refractivity contribution in [1.82, 2.24) is 10.2 Å². The third-order valence-electron chi connectivity index (χ3n) is 7.17. The van der Waals surface area contributed by atoms with Crippen LogP contribution in [0.4, 0.5) is 18.9 Å². The zero-order chi connectivity index (χ0) is 26.2. The van der Waals surface area contributed by atoms with Gasteiger partial charge in [0.05, 0.1) is 5.57 Å². The molecule has 0 bridgehead atoms. The molecule has 4 atom stereocenters. The number of rotatable bonds is 7. The van der Waals surface area contributed by atoms with E-state index in [9.17, 15) is 23.1 Å². The highest BCUT2D eigenvalue weighted by Crippen LogP contribution is 2.39. The van der Waals surface area contributed by atoms with Crippen LogP contribution in [0.3, 0.4) is 0 Å². The molecule has 10 heteroatoms. The van der Waals surface area contributed by atoms with E-state index in [2.05, 4.69) is 36.3 Å². The predicted molar refractivity (Wildman–Crippen MR) is 130 cm³/mol. The minimum absolute atomic E-state index is 0.0600. The average molecular weight is 496 g/mol. The fourth-order valence-corrected chi connectivity index (χ4v) is 4.97. The largest absolute Gasteiger partial charge is 0.421 e. The number of carbonyl (C=O) groups excluding carboxylic acids is 1. The van der Waals surface area contributed by atoms with Crippen LogP contribution < -0.4 is 16.4 Å². The summed E-state index contributed by atoms with van der Waals surface area (Å²) in [6.45, 7) is 9.64. The second-order valence-corrected chi connectivity index (χ2v) is 10.9. The van der Waals surface area contributed by atoms with Gasteiger partial charge in [0.25, 0.3) is 5.91 Å². The quantitative estimate of drug-likeness (QED) is 0.225. The fourth-order valence-electron chi connectivity index (χ4n) is 4.97. The van der Waals surface area contributed by atoms with Crippen LogP contribution in [-0.2, 0) is 10.4 Å². The Balaban J connectivity index is 1.60. The summed E-state index contributed by atoms with van der Waals surface area (Å²) in [6, 6.07) is 5.55. The van der Waals surface area contributed by atoms with Gasteiger partial charge in [0, 0.05) is 37.1 Å². The Labute approximate surface area is 204 Å². The van der Waals surface area contributed by atoms with Gasteiger partial charge in [-0.25, -0.2) is 0 Å². The standard InChI is InChI=1S/C25H36F3N5O2/c1-15-11-18(33-13-23(2,3)14-33)9-10-20(15)31-12-19(22(30)34)21(29)32-17-7-5-16(6-8-17)24(4,35)25(26,27)28/h5-8,12,15,18,20,31,35H,9-11,13-14H2,1-4H3,(H2,29,32)(H2,30,34)/b19-12+/t15-,18+,20-,24+/m0/s1. The monoisotopic (exact) mass is 495 g/mol. The van der Waals surface area contributed by atoms with Crippen LogP contribution in [-0.4, -0.2) is 53.1 Å². The molecule has 3 rings (SSSR count). The molecule has 1 saturated carbocycles. The van der Waals surface area contributed by atoms with Gasteiger partial charge < -0.3 is 21.5 Å². The van der Waals surface area contributed by atoms with Gasteiger partial charge >= 0.3 is 6.18 Å². The van der Waals surface area contributed by atoms with Gasteiger partial charge in [-0.15, -0.1) is 0 Å². The molecule has 1 aromatic rings. The van der Waals surface area contributed by atoms with Gasteiger partial charge in [-0.05, 0) is 55.2 Å². The lowest BCUT2D eigenvalue weighted by atomic mass is 9.77. The Morgan fingerprint density at radius 3 is 2.31 bits per heavy atom. The molecule has 1 aliphatic heterocycles. The summed E-state index contributed by atoms with van der Waals surface area (Å²) in [5.74, 6) is -0.695. The molecule has 6 N–H and O–H groups in total. The number of amides is 1. The molecule has 0 radical (unpaired) electrons. The smallest absolute Gasteiger partial charge is 0.387 e. The van der Waals surface area contributed by atoms with E-state index in [0.717, 1.165) is 44.5 Å². The molecule has 0 spiro atoms. The van der Waals surface area contributed by atoms with Gasteiger partial charge in [-0.3, -0.25) is 15.1 Å². The van der Waals surface area contributed by atoms with E-state index < -0.39 is 17.7 Å². The normalized spacial score (nSPS) is 26.9. The van der Waals surface area contributed by atoms with Gasteiger partial charge in [0.15, 0.2) is 5.60 Å². The number of hydrogen-bond donors (Lipinski definition) is 5. The fraction of sp³-hybridized carbons (Fsp3) is 0.600. The van der Waals surface area contributed by atoms with Crippen molar-refractivity contribution < 1.29 is 23.1 Å². The number of benzene rings is 1. The highest BCUT2D eigenvalue weighted by molar-refractivity contribution is 6.23. The van der Waals surface area contributed by atoms with E-state index in [1.54, 1.807) is 0 Å². The molecule has 1 amide bonds. The van der Waals surface area contributed by atoms with Crippen molar-refractivity contribution in [2.75, 3.05) is 18.4 Å². The number of likely N-dealkylation sites (tertiary alicyclic amines) is 1. The first-order valence-electron chi connectivity index (χ1n) is 11.9. The highest BCUT2D eigenvalue weighted by Gasteiger charge is 2.51. The molecule has 1 aliphatic carbocycles. The Morgan fingerprint density at radius 1 is 1.23 bits per heavy atom. The van der Waals surface area contributed by atoms with Gasteiger partial charge in [0.1, 0.15) is 5.84 Å². The number of primary amides is 1. The summed E-state index contributed by atoms with van der Waals surface area (Å²) in [5, 5.41) is 24.0. The first kappa shape index (κ1) is 27.0. The third-order valence-corrected chi connectivity index (χ3v) is 7.17. The molecular weight excluding hydrogens is 459 g/mol. The van der Waals surface area contributed by atoms with E-state index in [4.69, 9.17) is 11.1 Å². The van der Waals surface area contributed by atoms with Crippen molar-refractivity contribution in [3.63, 3.8) is 0 Å². The van der Waals surface area contributed by atoms with Gasteiger partial charge in [0.2, 0.25) is 0 Å². The second-order valence-electron chi connectivity index (χ2n) is 10.9. The first-order chi connectivity index (χ1) is 16.1. The van der Waals surface area contributed by atoms with Crippen molar-refractivity contribution in [2.24, 2.45) is 17.1 Å². The zero-order valence-electron chi connectivity index (χ0n) is 20.7. The maximum Gasteiger partial charge on any atom is 0.421 e. The lowest BCUT2D eigenvalue weighted by molar-refractivity contribution is -0.258. The van der Waals surface area contributed by atoms with E-state index in [1.807, 2.05) is 0 Å². The maximum atomic E-state index is 13.0. The molecule has 35 heavy (non-hydrogen) atoms. The predicted octanol–water partition coefficient (Wildman–Crippen LogP) is 3.70. The molecule has 1 heterocycles. The lowest BCUT2D eigenvalue weighted by Crippen LogP contribution is -2.59. The number of nitrogens with one attached hydrogen (secondary N) is 3. The van der Waals surface area contributed by atoms with Crippen LogP contribution in [0.5, 0.6) is 0 Å². The van der Waals surface area contributed by atoms with Crippen molar-refractivity contribution in [3.05, 3.63) is 41.6 Å². The van der Waals surface area contributed by atoms with E-state index in [-0.39, 0.29) is 28.7 Å². The van der Waals surface area contributed by atoms with Crippen molar-refractivity contribution in [2.45, 2.75) is 70.8 Å². The van der Waals surface area contributed by atoms with E-state index in [1.165, 1.54) is 18.3 Å². The minimum atomic E-state index is -4.83. The maximum absolute atomic E-state index is 13.0. The molecule has 7 nitrogen and oxygen atoms in total. The molecule has 1 aromatic carbocycles. The Kier molecular flexibility index (Phi) is 7.57. The number of nitrogens with two attached hydrogens (primary N) is 1. The highest BCUT2D eigenvalue weighted by atomic mass is 19.4. The molecule has 2 aliphatic rings. The first-order valence-corrected chi connectivity index (χ1v) is 11.9. The number of aliphatic hydroxyl groups is 1. The second kappa shape index (κ2) is 9.81. The lowest BCUT2D eigenvalue weighted by Gasteiger charge is -2.52. The minimum Gasteiger partial charge on any atom is -0.387 e. The van der Waals surface area contributed by atoms with Crippen molar-refractivity contribution >= 4 is 17.4 Å². The topological polar surface area (TPSA) is 114 Å². The van der Waals surface area contributed by atoms with E-state index >= 15 is 0 Å². The third kappa shape index (κ3) is 6.16.